The number of hydrogen-bond acceptors (Lipinski definition) is 4. The molecule has 1 saturated carbocycles. The minimum absolute atomic E-state index is 0. The highest BCUT2D eigenvalue weighted by atomic mass is 127. The van der Waals surface area contributed by atoms with Crippen molar-refractivity contribution in [3.8, 4) is 0 Å². The van der Waals surface area contributed by atoms with Gasteiger partial charge in [-0.1, -0.05) is 19.1 Å². The maximum absolute atomic E-state index is 12.7. The van der Waals surface area contributed by atoms with Crippen LogP contribution in [0.25, 0.3) is 0 Å². The van der Waals surface area contributed by atoms with Crippen LogP contribution in [0.15, 0.2) is 17.1 Å². The molecular formula is C22H36IN5O2. The molecule has 7 nitrogen and oxygen atoms in total. The largest absolute Gasteiger partial charge is 0.357 e. The molecule has 2 bridgehead atoms. The van der Waals surface area contributed by atoms with Crippen molar-refractivity contribution in [3.05, 3.63) is 12.2 Å². The van der Waals surface area contributed by atoms with E-state index >= 15 is 0 Å². The Bertz CT molecular complexity index is 667. The smallest absolute Gasteiger partial charge is 0.233 e. The number of nitrogens with zero attached hydrogens (tertiary/aromatic N) is 3. The molecule has 5 atom stereocenters. The Morgan fingerprint density at radius 1 is 1.13 bits per heavy atom. The Balaban J connectivity index is 0.00000256. The zero-order chi connectivity index (χ0) is 20.4. The summed E-state index contributed by atoms with van der Waals surface area (Å²) in [6.07, 6.45) is 8.50. The molecule has 30 heavy (non-hydrogen) atoms. The summed E-state index contributed by atoms with van der Waals surface area (Å²) < 4.78 is 0. The highest BCUT2D eigenvalue weighted by Crippen LogP contribution is 2.52. The average Bonchev–Trinajstić information content (AvgIpc) is 3.49. The lowest BCUT2D eigenvalue weighted by molar-refractivity contribution is -0.140. The fourth-order valence-corrected chi connectivity index (χ4v) is 5.69. The van der Waals surface area contributed by atoms with Crippen LogP contribution in [-0.4, -0.2) is 72.9 Å². The highest BCUT2D eigenvalue weighted by Gasteiger charge is 2.58. The number of imide groups is 1. The van der Waals surface area contributed by atoms with Gasteiger partial charge in [0.2, 0.25) is 11.8 Å². The summed E-state index contributed by atoms with van der Waals surface area (Å²) in [6, 6.07) is 0.540. The monoisotopic (exact) mass is 529 g/mol. The van der Waals surface area contributed by atoms with Crippen LogP contribution in [-0.2, 0) is 9.59 Å². The molecule has 0 spiro atoms. The van der Waals surface area contributed by atoms with Gasteiger partial charge >= 0.3 is 0 Å². The maximum Gasteiger partial charge on any atom is 0.233 e. The number of carbonyl (C=O) groups excluding carboxylic acids is 2. The number of amides is 2. The first kappa shape index (κ1) is 23.5. The van der Waals surface area contributed by atoms with E-state index in [-0.39, 0.29) is 59.5 Å². The van der Waals surface area contributed by atoms with Gasteiger partial charge in [-0.25, -0.2) is 0 Å². The Morgan fingerprint density at radius 3 is 2.47 bits per heavy atom. The Kier molecular flexibility index (Phi) is 8.17. The van der Waals surface area contributed by atoms with Crippen molar-refractivity contribution in [2.24, 2.45) is 28.7 Å². The van der Waals surface area contributed by atoms with Crippen LogP contribution in [0.1, 0.15) is 39.5 Å². The molecule has 2 heterocycles. The summed E-state index contributed by atoms with van der Waals surface area (Å²) in [4.78, 5) is 34.3. The van der Waals surface area contributed by atoms with Crippen LogP contribution in [0, 0.1) is 23.7 Å². The fourth-order valence-electron chi connectivity index (χ4n) is 5.69. The molecule has 4 aliphatic rings. The number of fused-ring (bicyclic) bond motifs is 5. The maximum atomic E-state index is 12.7. The molecular weight excluding hydrogens is 493 g/mol. The molecule has 0 radical (unpaired) electrons. The van der Waals surface area contributed by atoms with Crippen molar-refractivity contribution in [3.63, 3.8) is 0 Å². The van der Waals surface area contributed by atoms with Crippen LogP contribution in [0.5, 0.6) is 0 Å². The zero-order valence-corrected chi connectivity index (χ0v) is 20.5. The van der Waals surface area contributed by atoms with Crippen molar-refractivity contribution in [2.45, 2.75) is 45.6 Å². The van der Waals surface area contributed by atoms with Gasteiger partial charge in [-0.15, -0.1) is 24.0 Å². The summed E-state index contributed by atoms with van der Waals surface area (Å²) in [6.45, 7) is 9.37. The summed E-state index contributed by atoms with van der Waals surface area (Å²) in [5, 5.41) is 6.67. The SMILES string of the molecule is CCNC(=NCC1CCCN1CC)NCCCN1C(=O)C2C3C=CC(C3)C2C1=O.I. The highest BCUT2D eigenvalue weighted by molar-refractivity contribution is 14.0. The first-order valence-electron chi connectivity index (χ1n) is 11.4. The van der Waals surface area contributed by atoms with E-state index in [1.165, 1.54) is 24.3 Å². The quantitative estimate of drug-likeness (QED) is 0.125. The molecule has 2 amide bonds. The van der Waals surface area contributed by atoms with E-state index in [1.54, 1.807) is 0 Å². The molecule has 0 aromatic carbocycles. The molecule has 2 N–H and O–H groups in total. The van der Waals surface area contributed by atoms with Crippen molar-refractivity contribution in [2.75, 3.05) is 39.3 Å². The standard InChI is InChI=1S/C22H35N5O2.HI/c1-3-23-22(25-14-17-7-5-11-26(17)4-2)24-10-6-12-27-20(28)18-15-8-9-16(13-15)19(18)21(27)29;/h8-9,15-19H,3-7,10-14H2,1-2H3,(H2,23,24,25);1H. The molecule has 168 valence electrons. The molecule has 0 aromatic rings. The number of guanidine groups is 1. The molecule has 5 unspecified atom stereocenters. The van der Waals surface area contributed by atoms with Gasteiger partial charge in [-0.3, -0.25) is 24.4 Å². The summed E-state index contributed by atoms with van der Waals surface area (Å²) >= 11 is 0. The summed E-state index contributed by atoms with van der Waals surface area (Å²) in [7, 11) is 0. The van der Waals surface area contributed by atoms with Crippen LogP contribution in [0.2, 0.25) is 0 Å². The third-order valence-corrected chi connectivity index (χ3v) is 7.12. The van der Waals surface area contributed by atoms with Crippen LogP contribution < -0.4 is 10.6 Å². The summed E-state index contributed by atoms with van der Waals surface area (Å²) in [5.41, 5.74) is 0. The lowest BCUT2D eigenvalue weighted by Gasteiger charge is -2.21. The van der Waals surface area contributed by atoms with E-state index in [9.17, 15) is 9.59 Å². The first-order chi connectivity index (χ1) is 14.1. The summed E-state index contributed by atoms with van der Waals surface area (Å²) in [5.74, 6) is 1.34. The van der Waals surface area contributed by atoms with Gasteiger partial charge in [-0.2, -0.15) is 0 Å². The van der Waals surface area contributed by atoms with Crippen molar-refractivity contribution >= 4 is 41.8 Å². The topological polar surface area (TPSA) is 77.0 Å². The van der Waals surface area contributed by atoms with Crippen molar-refractivity contribution in [1.29, 1.82) is 0 Å². The predicted octanol–water partition coefficient (Wildman–Crippen LogP) is 1.84. The Hall–Kier alpha value is -1.16. The van der Waals surface area contributed by atoms with Gasteiger partial charge in [0.25, 0.3) is 0 Å². The second-order valence-electron chi connectivity index (χ2n) is 8.75. The average molecular weight is 529 g/mol. The van der Waals surface area contributed by atoms with Gasteiger partial charge in [0.1, 0.15) is 0 Å². The van der Waals surface area contributed by atoms with Gasteiger partial charge in [-0.05, 0) is 57.5 Å². The number of rotatable bonds is 8. The number of halogens is 1. The van der Waals surface area contributed by atoms with Crippen LogP contribution >= 0.6 is 24.0 Å². The number of allylic oxidation sites excluding steroid dienone is 2. The van der Waals surface area contributed by atoms with Crippen molar-refractivity contribution in [1.82, 2.24) is 20.4 Å². The molecule has 8 heteroatoms. The number of hydrogen-bond donors (Lipinski definition) is 2. The van der Waals surface area contributed by atoms with E-state index < -0.39 is 0 Å². The van der Waals surface area contributed by atoms with Gasteiger partial charge in [0.05, 0.1) is 18.4 Å². The molecule has 2 aliphatic carbocycles. The van der Waals surface area contributed by atoms with Gasteiger partial charge < -0.3 is 10.6 Å². The second-order valence-corrected chi connectivity index (χ2v) is 8.75. The third kappa shape index (κ3) is 4.54. The predicted molar refractivity (Wildman–Crippen MR) is 129 cm³/mol. The number of likely N-dealkylation sites (tertiary alicyclic amines) is 2. The van der Waals surface area contributed by atoms with Crippen LogP contribution in [0.4, 0.5) is 0 Å². The second kappa shape index (κ2) is 10.4. The van der Waals surface area contributed by atoms with Crippen molar-refractivity contribution < 1.29 is 9.59 Å². The zero-order valence-electron chi connectivity index (χ0n) is 18.2. The lowest BCUT2D eigenvalue weighted by atomic mass is 9.85. The Morgan fingerprint density at radius 2 is 1.83 bits per heavy atom. The van der Waals surface area contributed by atoms with E-state index in [0.29, 0.717) is 19.1 Å². The molecule has 2 aliphatic heterocycles. The van der Waals surface area contributed by atoms with E-state index in [1.807, 2.05) is 0 Å². The first-order valence-corrected chi connectivity index (χ1v) is 11.4. The Labute approximate surface area is 197 Å². The lowest BCUT2D eigenvalue weighted by Crippen LogP contribution is -2.41. The van der Waals surface area contributed by atoms with E-state index in [4.69, 9.17) is 4.99 Å². The number of likely N-dealkylation sites (N-methyl/N-ethyl adjacent to an activating group) is 1. The third-order valence-electron chi connectivity index (χ3n) is 7.12. The molecule has 3 fully saturated rings. The minimum atomic E-state index is -0.0859. The molecule has 2 saturated heterocycles. The molecule has 0 aromatic heterocycles. The van der Waals surface area contributed by atoms with Gasteiger partial charge in [0.15, 0.2) is 5.96 Å². The molecule has 4 rings (SSSR count). The normalized spacial score (nSPS) is 32.7. The van der Waals surface area contributed by atoms with E-state index in [0.717, 1.165) is 38.4 Å². The van der Waals surface area contributed by atoms with Gasteiger partial charge in [0, 0.05) is 25.7 Å². The van der Waals surface area contributed by atoms with E-state index in [2.05, 4.69) is 41.5 Å². The number of aliphatic imine (C=N–C) groups is 1. The number of carbonyl (C=O) groups is 2. The van der Waals surface area contributed by atoms with Crippen LogP contribution in [0.3, 0.4) is 0 Å². The minimum Gasteiger partial charge on any atom is -0.357 e. The number of nitrogens with one attached hydrogen (secondary N) is 2. The fraction of sp³-hybridized carbons (Fsp3) is 0.773.